The van der Waals surface area contributed by atoms with Gasteiger partial charge in [0.15, 0.2) is 0 Å². The highest BCUT2D eigenvalue weighted by molar-refractivity contribution is 6.34. The number of anilines is 2. The van der Waals surface area contributed by atoms with Crippen LogP contribution in [-0.4, -0.2) is 37.0 Å². The third-order valence-electron chi connectivity index (χ3n) is 3.99. The van der Waals surface area contributed by atoms with E-state index in [1.54, 1.807) is 24.3 Å². The summed E-state index contributed by atoms with van der Waals surface area (Å²) in [6.07, 6.45) is 0. The van der Waals surface area contributed by atoms with Gasteiger partial charge in [0.05, 0.1) is 16.4 Å². The molecule has 2 N–H and O–H groups in total. The zero-order valence-corrected chi connectivity index (χ0v) is 14.0. The van der Waals surface area contributed by atoms with Gasteiger partial charge in [0, 0.05) is 36.8 Å². The Morgan fingerprint density at radius 1 is 0.957 bits per heavy atom. The van der Waals surface area contributed by atoms with E-state index in [9.17, 15) is 4.79 Å². The molecule has 0 radical (unpaired) electrons. The van der Waals surface area contributed by atoms with Crippen LogP contribution in [0.4, 0.5) is 11.4 Å². The minimum atomic E-state index is 0.0217. The highest BCUT2D eigenvalue weighted by Crippen LogP contribution is 2.32. The lowest BCUT2D eigenvalue weighted by Crippen LogP contribution is -2.49. The molecular formula is C17H17Cl2N3O. The Morgan fingerprint density at radius 3 is 2.22 bits per heavy atom. The van der Waals surface area contributed by atoms with Crippen molar-refractivity contribution >= 4 is 40.5 Å². The fourth-order valence-corrected chi connectivity index (χ4v) is 3.20. The molecule has 1 amide bonds. The van der Waals surface area contributed by atoms with Crippen molar-refractivity contribution in [1.82, 2.24) is 4.90 Å². The number of carbonyl (C=O) groups excluding carboxylic acids is 1. The Labute approximate surface area is 145 Å². The van der Waals surface area contributed by atoms with Crippen molar-refractivity contribution < 1.29 is 4.79 Å². The highest BCUT2D eigenvalue weighted by Gasteiger charge is 2.24. The number of amides is 1. The van der Waals surface area contributed by atoms with Crippen LogP contribution in [0.5, 0.6) is 0 Å². The van der Waals surface area contributed by atoms with E-state index >= 15 is 0 Å². The zero-order valence-electron chi connectivity index (χ0n) is 12.5. The first-order valence-electron chi connectivity index (χ1n) is 7.40. The van der Waals surface area contributed by atoms with E-state index in [0.717, 1.165) is 5.69 Å². The van der Waals surface area contributed by atoms with Gasteiger partial charge in [0.25, 0.3) is 5.91 Å². The first-order valence-corrected chi connectivity index (χ1v) is 8.15. The lowest BCUT2D eigenvalue weighted by Gasteiger charge is -2.37. The molecule has 0 spiro atoms. The number of piperazine rings is 1. The van der Waals surface area contributed by atoms with Crippen LogP contribution in [0.3, 0.4) is 0 Å². The molecule has 23 heavy (non-hydrogen) atoms. The van der Waals surface area contributed by atoms with Gasteiger partial charge in [-0.2, -0.15) is 0 Å². The molecule has 4 nitrogen and oxygen atoms in total. The van der Waals surface area contributed by atoms with Gasteiger partial charge in [-0.05, 0) is 36.4 Å². The summed E-state index contributed by atoms with van der Waals surface area (Å²) in [6.45, 7) is 2.67. The lowest BCUT2D eigenvalue weighted by molar-refractivity contribution is 0.0747. The molecule has 0 bridgehead atoms. The Hall–Kier alpha value is -1.91. The number of halogens is 2. The molecule has 6 heteroatoms. The molecule has 0 saturated carbocycles. The number of para-hydroxylation sites is 1. The van der Waals surface area contributed by atoms with Gasteiger partial charge in [0.2, 0.25) is 0 Å². The number of hydrogen-bond acceptors (Lipinski definition) is 3. The standard InChI is InChI=1S/C17H17Cl2N3O/c18-13-6-4-12(5-7-13)17(23)22-10-8-21(9-11-22)16-14(19)2-1-3-15(16)20/h1-7H,8-11,20H2. The third kappa shape index (κ3) is 3.38. The van der Waals surface area contributed by atoms with E-state index < -0.39 is 0 Å². The van der Waals surface area contributed by atoms with E-state index in [4.69, 9.17) is 28.9 Å². The average Bonchev–Trinajstić information content (AvgIpc) is 2.55. The summed E-state index contributed by atoms with van der Waals surface area (Å²) in [7, 11) is 0. The highest BCUT2D eigenvalue weighted by atomic mass is 35.5. The molecule has 2 aromatic carbocycles. The van der Waals surface area contributed by atoms with Crippen LogP contribution in [-0.2, 0) is 0 Å². The van der Waals surface area contributed by atoms with Crippen molar-refractivity contribution in [3.05, 3.63) is 58.1 Å². The largest absolute Gasteiger partial charge is 0.397 e. The topological polar surface area (TPSA) is 49.6 Å². The molecule has 3 rings (SSSR count). The van der Waals surface area contributed by atoms with Gasteiger partial charge in [-0.3, -0.25) is 4.79 Å². The van der Waals surface area contributed by atoms with Gasteiger partial charge in [-0.1, -0.05) is 29.3 Å². The van der Waals surface area contributed by atoms with E-state index in [0.29, 0.717) is 47.5 Å². The molecule has 1 aliphatic rings. The first kappa shape index (κ1) is 16.0. The molecule has 0 aromatic heterocycles. The smallest absolute Gasteiger partial charge is 0.253 e. The van der Waals surface area contributed by atoms with Crippen molar-refractivity contribution in [2.75, 3.05) is 36.8 Å². The number of benzene rings is 2. The number of carbonyl (C=O) groups is 1. The van der Waals surface area contributed by atoms with E-state index in [-0.39, 0.29) is 5.91 Å². The summed E-state index contributed by atoms with van der Waals surface area (Å²) in [4.78, 5) is 16.5. The van der Waals surface area contributed by atoms with Crippen LogP contribution in [0.2, 0.25) is 10.0 Å². The average molecular weight is 350 g/mol. The molecule has 1 heterocycles. The van der Waals surface area contributed by atoms with Crippen molar-refractivity contribution in [2.24, 2.45) is 0 Å². The Kier molecular flexibility index (Phi) is 4.64. The van der Waals surface area contributed by atoms with Crippen molar-refractivity contribution in [2.45, 2.75) is 0 Å². The second-order valence-corrected chi connectivity index (χ2v) is 6.31. The molecular weight excluding hydrogens is 333 g/mol. The Bertz CT molecular complexity index is 690. The Morgan fingerprint density at radius 2 is 1.61 bits per heavy atom. The van der Waals surface area contributed by atoms with Gasteiger partial charge in [-0.15, -0.1) is 0 Å². The summed E-state index contributed by atoms with van der Waals surface area (Å²) in [5.41, 5.74) is 8.20. The summed E-state index contributed by atoms with van der Waals surface area (Å²) in [5, 5.41) is 1.27. The minimum Gasteiger partial charge on any atom is -0.397 e. The van der Waals surface area contributed by atoms with E-state index in [2.05, 4.69) is 4.90 Å². The second-order valence-electron chi connectivity index (χ2n) is 5.46. The predicted octanol–water partition coefficient (Wildman–Crippen LogP) is 3.54. The summed E-state index contributed by atoms with van der Waals surface area (Å²) >= 11 is 12.1. The SMILES string of the molecule is Nc1cccc(Cl)c1N1CCN(C(=O)c2ccc(Cl)cc2)CC1. The van der Waals surface area contributed by atoms with Crippen LogP contribution in [0.25, 0.3) is 0 Å². The van der Waals surface area contributed by atoms with E-state index in [1.807, 2.05) is 23.1 Å². The normalized spacial score (nSPS) is 14.9. The van der Waals surface area contributed by atoms with Crippen LogP contribution < -0.4 is 10.6 Å². The van der Waals surface area contributed by atoms with Gasteiger partial charge >= 0.3 is 0 Å². The number of nitrogens with two attached hydrogens (primary N) is 1. The fraction of sp³-hybridized carbons (Fsp3) is 0.235. The number of rotatable bonds is 2. The molecule has 0 atom stereocenters. The maximum Gasteiger partial charge on any atom is 0.253 e. The number of nitrogen functional groups attached to an aromatic ring is 1. The summed E-state index contributed by atoms with van der Waals surface area (Å²) in [5.74, 6) is 0.0217. The monoisotopic (exact) mass is 349 g/mol. The fourth-order valence-electron chi connectivity index (χ4n) is 2.77. The second kappa shape index (κ2) is 6.69. The first-order chi connectivity index (χ1) is 11.1. The zero-order chi connectivity index (χ0) is 16.4. The Balaban J connectivity index is 1.69. The predicted molar refractivity (Wildman–Crippen MR) is 95.4 cm³/mol. The van der Waals surface area contributed by atoms with Gasteiger partial charge in [0.1, 0.15) is 0 Å². The van der Waals surface area contributed by atoms with Crippen LogP contribution in [0.1, 0.15) is 10.4 Å². The molecule has 2 aromatic rings. The van der Waals surface area contributed by atoms with Gasteiger partial charge < -0.3 is 15.5 Å². The maximum atomic E-state index is 12.5. The molecule has 1 saturated heterocycles. The minimum absolute atomic E-state index is 0.0217. The molecule has 120 valence electrons. The summed E-state index contributed by atoms with van der Waals surface area (Å²) < 4.78 is 0. The van der Waals surface area contributed by atoms with Crippen LogP contribution in [0, 0.1) is 0 Å². The van der Waals surface area contributed by atoms with Crippen molar-refractivity contribution in [3.63, 3.8) is 0 Å². The molecule has 1 aliphatic heterocycles. The van der Waals surface area contributed by atoms with Gasteiger partial charge in [-0.25, -0.2) is 0 Å². The molecule has 0 aliphatic carbocycles. The van der Waals surface area contributed by atoms with E-state index in [1.165, 1.54) is 0 Å². The number of hydrogen-bond donors (Lipinski definition) is 1. The quantitative estimate of drug-likeness (QED) is 0.843. The summed E-state index contributed by atoms with van der Waals surface area (Å²) in [6, 6.07) is 12.5. The lowest BCUT2D eigenvalue weighted by atomic mass is 10.1. The van der Waals surface area contributed by atoms with Crippen LogP contribution >= 0.6 is 23.2 Å². The number of nitrogens with zero attached hydrogens (tertiary/aromatic N) is 2. The van der Waals surface area contributed by atoms with Crippen molar-refractivity contribution in [1.29, 1.82) is 0 Å². The maximum absolute atomic E-state index is 12.5. The molecule has 1 fully saturated rings. The van der Waals surface area contributed by atoms with Crippen LogP contribution in [0.15, 0.2) is 42.5 Å². The molecule has 0 unspecified atom stereocenters. The third-order valence-corrected chi connectivity index (χ3v) is 4.55. The van der Waals surface area contributed by atoms with Crippen molar-refractivity contribution in [3.8, 4) is 0 Å².